The number of benzene rings is 2. The molecule has 0 spiro atoms. The monoisotopic (exact) mass is 395 g/mol. The molecule has 5 nitrogen and oxygen atoms in total. The minimum Gasteiger partial charge on any atom is -0.496 e. The molecule has 0 saturated carbocycles. The summed E-state index contributed by atoms with van der Waals surface area (Å²) in [7, 11) is 1.65. The summed E-state index contributed by atoms with van der Waals surface area (Å²) in [5.41, 5.74) is 2.09. The van der Waals surface area contributed by atoms with E-state index >= 15 is 0 Å². The van der Waals surface area contributed by atoms with Crippen LogP contribution in [0.1, 0.15) is 29.3 Å². The number of fused-ring (bicyclic) bond motifs is 1. The predicted octanol–water partition coefficient (Wildman–Crippen LogP) is 3.80. The van der Waals surface area contributed by atoms with Crippen LogP contribution in [0, 0.1) is 0 Å². The van der Waals surface area contributed by atoms with Crippen molar-refractivity contribution in [3.63, 3.8) is 0 Å². The summed E-state index contributed by atoms with van der Waals surface area (Å²) in [4.78, 5) is 19.4. The summed E-state index contributed by atoms with van der Waals surface area (Å²) < 4.78 is 6.60. The number of hydrogen-bond acceptors (Lipinski definition) is 5. The molecule has 1 N–H and O–H groups in total. The van der Waals surface area contributed by atoms with Crippen LogP contribution < -0.4 is 10.1 Å². The smallest absolute Gasteiger partial charge is 0.234 e. The summed E-state index contributed by atoms with van der Waals surface area (Å²) in [6.07, 6.45) is 2.11. The fraction of sp³-hybridized carbons (Fsp3) is 0.364. The number of ether oxygens (including phenoxy) is 1. The number of likely N-dealkylation sites (tertiary alicyclic amines) is 1. The first-order valence-electron chi connectivity index (χ1n) is 9.69. The zero-order valence-corrected chi connectivity index (χ0v) is 16.9. The Kier molecular flexibility index (Phi) is 5.88. The van der Waals surface area contributed by atoms with Crippen LogP contribution >= 0.6 is 11.3 Å². The average Bonchev–Trinajstić information content (AvgIpc) is 3.17. The SMILES string of the molecule is COc1ccccc1CNC(=O)CN1CCC(c2nc3ccccc3s2)CC1. The van der Waals surface area contributed by atoms with Gasteiger partial charge in [-0.25, -0.2) is 4.98 Å². The molecule has 0 aliphatic carbocycles. The van der Waals surface area contributed by atoms with Crippen molar-refractivity contribution in [3.8, 4) is 5.75 Å². The fourth-order valence-corrected chi connectivity index (χ4v) is 4.84. The van der Waals surface area contributed by atoms with E-state index in [1.165, 1.54) is 9.71 Å². The second kappa shape index (κ2) is 8.71. The number of rotatable bonds is 6. The Morgan fingerprint density at radius 3 is 2.71 bits per heavy atom. The molecule has 0 radical (unpaired) electrons. The van der Waals surface area contributed by atoms with Crippen molar-refractivity contribution in [2.45, 2.75) is 25.3 Å². The van der Waals surface area contributed by atoms with Gasteiger partial charge in [0.1, 0.15) is 5.75 Å². The van der Waals surface area contributed by atoms with Crippen molar-refractivity contribution in [1.82, 2.24) is 15.2 Å². The molecular weight excluding hydrogens is 370 g/mol. The van der Waals surface area contributed by atoms with Crippen LogP contribution in [0.25, 0.3) is 10.2 Å². The van der Waals surface area contributed by atoms with Crippen LogP contribution in [0.2, 0.25) is 0 Å². The van der Waals surface area contributed by atoms with Crippen molar-refractivity contribution >= 4 is 27.5 Å². The maximum atomic E-state index is 12.3. The zero-order chi connectivity index (χ0) is 19.3. The number of amides is 1. The van der Waals surface area contributed by atoms with Crippen molar-refractivity contribution in [2.75, 3.05) is 26.7 Å². The molecule has 28 heavy (non-hydrogen) atoms. The maximum Gasteiger partial charge on any atom is 0.234 e. The number of carbonyl (C=O) groups is 1. The number of thiazole rings is 1. The Balaban J connectivity index is 1.26. The summed E-state index contributed by atoms with van der Waals surface area (Å²) in [5.74, 6) is 1.37. The minimum absolute atomic E-state index is 0.0596. The van der Waals surface area contributed by atoms with Gasteiger partial charge in [-0.05, 0) is 44.1 Å². The van der Waals surface area contributed by atoms with Gasteiger partial charge in [-0.3, -0.25) is 9.69 Å². The van der Waals surface area contributed by atoms with E-state index < -0.39 is 0 Å². The number of para-hydroxylation sites is 2. The van der Waals surface area contributed by atoms with Crippen LogP contribution in [0.3, 0.4) is 0 Å². The molecule has 1 aliphatic heterocycles. The minimum atomic E-state index is 0.0596. The van der Waals surface area contributed by atoms with E-state index in [1.807, 2.05) is 41.7 Å². The molecule has 2 heterocycles. The van der Waals surface area contributed by atoms with Gasteiger partial charge in [0.2, 0.25) is 5.91 Å². The Labute approximate surface area is 169 Å². The molecular formula is C22H25N3O2S. The number of carbonyl (C=O) groups excluding carboxylic acids is 1. The van der Waals surface area contributed by atoms with Crippen molar-refractivity contribution in [2.24, 2.45) is 0 Å². The van der Waals surface area contributed by atoms with E-state index in [0.717, 1.165) is 42.8 Å². The van der Waals surface area contributed by atoms with Gasteiger partial charge in [0.15, 0.2) is 0 Å². The summed E-state index contributed by atoms with van der Waals surface area (Å²) in [6.45, 7) is 2.80. The fourth-order valence-electron chi connectivity index (χ4n) is 3.70. The Morgan fingerprint density at radius 1 is 1.18 bits per heavy atom. The highest BCUT2D eigenvalue weighted by atomic mass is 32.1. The third kappa shape index (κ3) is 4.34. The molecule has 1 amide bonds. The predicted molar refractivity (Wildman–Crippen MR) is 113 cm³/mol. The van der Waals surface area contributed by atoms with Crippen molar-refractivity contribution in [1.29, 1.82) is 0 Å². The summed E-state index contributed by atoms with van der Waals surface area (Å²) >= 11 is 1.81. The van der Waals surface area contributed by atoms with Crippen LogP contribution in [-0.4, -0.2) is 42.5 Å². The highest BCUT2D eigenvalue weighted by Gasteiger charge is 2.24. The van der Waals surface area contributed by atoms with E-state index in [0.29, 0.717) is 19.0 Å². The Hall–Kier alpha value is -2.44. The summed E-state index contributed by atoms with van der Waals surface area (Å²) in [5, 5.41) is 4.25. The zero-order valence-electron chi connectivity index (χ0n) is 16.1. The van der Waals surface area contributed by atoms with Crippen molar-refractivity contribution < 1.29 is 9.53 Å². The molecule has 4 rings (SSSR count). The van der Waals surface area contributed by atoms with E-state index in [4.69, 9.17) is 9.72 Å². The molecule has 1 aromatic heterocycles. The first-order valence-corrected chi connectivity index (χ1v) is 10.5. The molecule has 1 aliphatic rings. The first kappa shape index (κ1) is 18.9. The van der Waals surface area contributed by atoms with Gasteiger partial charge in [-0.15, -0.1) is 11.3 Å². The lowest BCUT2D eigenvalue weighted by molar-refractivity contribution is -0.122. The second-order valence-corrected chi connectivity index (χ2v) is 8.22. The molecule has 0 atom stereocenters. The van der Waals surface area contributed by atoms with Crippen LogP contribution in [0.4, 0.5) is 0 Å². The lowest BCUT2D eigenvalue weighted by Gasteiger charge is -2.30. The normalized spacial score (nSPS) is 15.6. The number of piperidine rings is 1. The lowest BCUT2D eigenvalue weighted by Crippen LogP contribution is -2.41. The number of aromatic nitrogens is 1. The summed E-state index contributed by atoms with van der Waals surface area (Å²) in [6, 6.07) is 16.1. The molecule has 0 unspecified atom stereocenters. The van der Waals surface area contributed by atoms with Gasteiger partial charge in [0.05, 0.1) is 28.9 Å². The van der Waals surface area contributed by atoms with Gasteiger partial charge in [0, 0.05) is 18.0 Å². The van der Waals surface area contributed by atoms with Gasteiger partial charge < -0.3 is 10.1 Å². The van der Waals surface area contributed by atoms with Crippen molar-refractivity contribution in [3.05, 3.63) is 59.1 Å². The van der Waals surface area contributed by atoms with E-state index in [-0.39, 0.29) is 5.91 Å². The molecule has 1 saturated heterocycles. The largest absolute Gasteiger partial charge is 0.496 e. The number of methoxy groups -OCH3 is 1. The third-order valence-electron chi connectivity index (χ3n) is 5.28. The van der Waals surface area contributed by atoms with E-state index in [2.05, 4.69) is 28.4 Å². The molecule has 3 aromatic rings. The van der Waals surface area contributed by atoms with Gasteiger partial charge >= 0.3 is 0 Å². The maximum absolute atomic E-state index is 12.3. The molecule has 146 valence electrons. The standard InChI is InChI=1S/C22H25N3O2S/c1-27-19-8-4-2-6-17(19)14-23-21(26)15-25-12-10-16(11-13-25)22-24-18-7-3-5-9-20(18)28-22/h2-9,16H,10-15H2,1H3,(H,23,26). The van der Waals surface area contributed by atoms with Crippen LogP contribution in [0.5, 0.6) is 5.75 Å². The van der Waals surface area contributed by atoms with E-state index in [1.54, 1.807) is 7.11 Å². The third-order valence-corrected chi connectivity index (χ3v) is 6.48. The van der Waals surface area contributed by atoms with Crippen LogP contribution in [0.15, 0.2) is 48.5 Å². The molecule has 0 bridgehead atoms. The number of hydrogen-bond donors (Lipinski definition) is 1. The van der Waals surface area contributed by atoms with Crippen LogP contribution in [-0.2, 0) is 11.3 Å². The highest BCUT2D eigenvalue weighted by Crippen LogP contribution is 2.33. The van der Waals surface area contributed by atoms with E-state index in [9.17, 15) is 4.79 Å². The highest BCUT2D eigenvalue weighted by molar-refractivity contribution is 7.18. The Bertz CT molecular complexity index is 915. The second-order valence-electron chi connectivity index (χ2n) is 7.16. The van der Waals surface area contributed by atoms with Gasteiger partial charge in [-0.1, -0.05) is 30.3 Å². The topological polar surface area (TPSA) is 54.5 Å². The lowest BCUT2D eigenvalue weighted by atomic mass is 9.97. The van der Waals surface area contributed by atoms with Gasteiger partial charge in [0.25, 0.3) is 0 Å². The quantitative estimate of drug-likeness (QED) is 0.690. The molecule has 2 aromatic carbocycles. The number of nitrogens with zero attached hydrogens (tertiary/aromatic N) is 2. The van der Waals surface area contributed by atoms with Gasteiger partial charge in [-0.2, -0.15) is 0 Å². The Morgan fingerprint density at radius 2 is 1.93 bits per heavy atom. The first-order chi connectivity index (χ1) is 13.7. The average molecular weight is 396 g/mol. The number of nitrogens with one attached hydrogen (secondary N) is 1. The molecule has 1 fully saturated rings. The molecule has 6 heteroatoms.